The molecule has 2 atom stereocenters. The number of rotatable bonds is 3. The third kappa shape index (κ3) is 2.70. The van der Waals surface area contributed by atoms with E-state index in [9.17, 15) is 0 Å². The van der Waals surface area contributed by atoms with Crippen molar-refractivity contribution in [2.45, 2.75) is 25.5 Å². The van der Waals surface area contributed by atoms with E-state index in [0.29, 0.717) is 6.61 Å². The molecule has 0 aromatic heterocycles. The predicted molar refractivity (Wildman–Crippen MR) is 58.9 cm³/mol. The fraction of sp³-hybridized carbons (Fsp3) is 0.500. The lowest BCUT2D eigenvalue weighted by molar-refractivity contribution is 0.141. The second kappa shape index (κ2) is 4.64. The summed E-state index contributed by atoms with van der Waals surface area (Å²) in [5.74, 6) is 0.898. The summed E-state index contributed by atoms with van der Waals surface area (Å²) >= 11 is 0. The lowest BCUT2D eigenvalue weighted by atomic mass is 10.1. The van der Waals surface area contributed by atoms with Gasteiger partial charge < -0.3 is 15.2 Å². The van der Waals surface area contributed by atoms with Crippen molar-refractivity contribution in [3.8, 4) is 5.75 Å². The van der Waals surface area contributed by atoms with Gasteiger partial charge >= 0.3 is 0 Å². The summed E-state index contributed by atoms with van der Waals surface area (Å²) in [6.45, 7) is 3.48. The highest BCUT2D eigenvalue weighted by molar-refractivity contribution is 5.28. The quantitative estimate of drug-likeness (QED) is 0.823. The lowest BCUT2D eigenvalue weighted by Crippen LogP contribution is -2.15. The van der Waals surface area contributed by atoms with Crippen molar-refractivity contribution in [3.05, 3.63) is 29.8 Å². The molecule has 0 radical (unpaired) electrons. The summed E-state index contributed by atoms with van der Waals surface area (Å²) in [6, 6.07) is 8.04. The van der Waals surface area contributed by atoms with E-state index in [-0.39, 0.29) is 12.1 Å². The average molecular weight is 207 g/mol. The number of hydrogen-bond acceptors (Lipinski definition) is 3. The molecule has 0 bridgehead atoms. The van der Waals surface area contributed by atoms with Gasteiger partial charge in [0.2, 0.25) is 0 Å². The fourth-order valence-electron chi connectivity index (χ4n) is 1.65. The van der Waals surface area contributed by atoms with Crippen LogP contribution in [0.15, 0.2) is 24.3 Å². The first-order chi connectivity index (χ1) is 7.25. The highest BCUT2D eigenvalue weighted by Gasteiger charge is 2.16. The molecule has 1 aliphatic rings. The summed E-state index contributed by atoms with van der Waals surface area (Å²) in [5, 5.41) is 0. The Morgan fingerprint density at radius 2 is 2.13 bits per heavy atom. The number of benzene rings is 1. The van der Waals surface area contributed by atoms with Gasteiger partial charge in [0, 0.05) is 12.5 Å². The molecule has 1 aromatic carbocycles. The zero-order valence-corrected chi connectivity index (χ0v) is 8.98. The Bertz CT molecular complexity index is 302. The summed E-state index contributed by atoms with van der Waals surface area (Å²) < 4.78 is 11.0. The SMILES string of the molecule is C[C@H](N)c1ccc(OC2CCOC2)cc1. The van der Waals surface area contributed by atoms with Crippen molar-refractivity contribution in [1.29, 1.82) is 0 Å². The maximum absolute atomic E-state index is 5.77. The van der Waals surface area contributed by atoms with Crippen LogP contribution in [0.25, 0.3) is 0 Å². The third-order valence-corrected chi connectivity index (χ3v) is 2.60. The van der Waals surface area contributed by atoms with Crippen LogP contribution < -0.4 is 10.5 Å². The second-order valence-corrected chi connectivity index (χ2v) is 3.96. The highest BCUT2D eigenvalue weighted by atomic mass is 16.5. The number of hydrogen-bond donors (Lipinski definition) is 1. The molecule has 1 aromatic rings. The summed E-state index contributed by atoms with van der Waals surface area (Å²) in [4.78, 5) is 0. The van der Waals surface area contributed by atoms with Gasteiger partial charge in [-0.15, -0.1) is 0 Å². The molecule has 1 unspecified atom stereocenters. The lowest BCUT2D eigenvalue weighted by Gasteiger charge is -2.12. The van der Waals surface area contributed by atoms with Gasteiger partial charge in [-0.05, 0) is 24.6 Å². The minimum Gasteiger partial charge on any atom is -0.488 e. The first kappa shape index (κ1) is 10.5. The van der Waals surface area contributed by atoms with Gasteiger partial charge in [-0.3, -0.25) is 0 Å². The Kier molecular flexibility index (Phi) is 3.23. The van der Waals surface area contributed by atoms with Crippen LogP contribution in [-0.4, -0.2) is 19.3 Å². The second-order valence-electron chi connectivity index (χ2n) is 3.96. The first-order valence-electron chi connectivity index (χ1n) is 5.35. The van der Waals surface area contributed by atoms with Crippen LogP contribution in [-0.2, 0) is 4.74 Å². The monoisotopic (exact) mass is 207 g/mol. The van der Waals surface area contributed by atoms with Crippen LogP contribution in [0.2, 0.25) is 0 Å². The molecule has 82 valence electrons. The van der Waals surface area contributed by atoms with Gasteiger partial charge in [0.25, 0.3) is 0 Å². The molecule has 3 heteroatoms. The Labute approximate surface area is 90.2 Å². The van der Waals surface area contributed by atoms with Crippen molar-refractivity contribution >= 4 is 0 Å². The van der Waals surface area contributed by atoms with E-state index in [2.05, 4.69) is 0 Å². The van der Waals surface area contributed by atoms with Gasteiger partial charge in [0.15, 0.2) is 0 Å². The van der Waals surface area contributed by atoms with Crippen molar-refractivity contribution in [2.75, 3.05) is 13.2 Å². The van der Waals surface area contributed by atoms with Crippen LogP contribution in [0, 0.1) is 0 Å². The smallest absolute Gasteiger partial charge is 0.124 e. The van der Waals surface area contributed by atoms with Crippen molar-refractivity contribution < 1.29 is 9.47 Å². The first-order valence-corrected chi connectivity index (χ1v) is 5.35. The zero-order valence-electron chi connectivity index (χ0n) is 8.98. The Hall–Kier alpha value is -1.06. The van der Waals surface area contributed by atoms with E-state index >= 15 is 0 Å². The molecule has 0 aliphatic carbocycles. The van der Waals surface area contributed by atoms with Crippen LogP contribution >= 0.6 is 0 Å². The topological polar surface area (TPSA) is 44.5 Å². The molecule has 0 spiro atoms. The number of ether oxygens (including phenoxy) is 2. The van der Waals surface area contributed by atoms with Crippen LogP contribution in [0.1, 0.15) is 24.9 Å². The molecule has 2 rings (SSSR count). The van der Waals surface area contributed by atoms with Crippen molar-refractivity contribution in [3.63, 3.8) is 0 Å². The maximum Gasteiger partial charge on any atom is 0.124 e. The summed E-state index contributed by atoms with van der Waals surface area (Å²) in [5.41, 5.74) is 6.90. The average Bonchev–Trinajstić information content (AvgIpc) is 2.71. The summed E-state index contributed by atoms with van der Waals surface area (Å²) in [7, 11) is 0. The third-order valence-electron chi connectivity index (χ3n) is 2.60. The minimum absolute atomic E-state index is 0.0777. The van der Waals surface area contributed by atoms with Crippen molar-refractivity contribution in [2.24, 2.45) is 5.73 Å². The molecule has 1 aliphatic heterocycles. The van der Waals surface area contributed by atoms with Crippen LogP contribution in [0.5, 0.6) is 5.75 Å². The molecule has 0 saturated carbocycles. The largest absolute Gasteiger partial charge is 0.488 e. The Morgan fingerprint density at radius 3 is 2.67 bits per heavy atom. The van der Waals surface area contributed by atoms with Gasteiger partial charge in [0.05, 0.1) is 13.2 Å². The van der Waals surface area contributed by atoms with Gasteiger partial charge in [-0.1, -0.05) is 12.1 Å². The molecular weight excluding hydrogens is 190 g/mol. The highest BCUT2D eigenvalue weighted by Crippen LogP contribution is 2.19. The van der Waals surface area contributed by atoms with E-state index in [1.807, 2.05) is 31.2 Å². The molecule has 15 heavy (non-hydrogen) atoms. The molecule has 1 fully saturated rings. The molecule has 0 amide bonds. The van der Waals surface area contributed by atoms with Gasteiger partial charge in [-0.25, -0.2) is 0 Å². The fourth-order valence-corrected chi connectivity index (χ4v) is 1.65. The standard InChI is InChI=1S/C12H17NO2/c1-9(13)10-2-4-11(5-3-10)15-12-6-7-14-8-12/h2-5,9,12H,6-8,13H2,1H3/t9-,12?/m0/s1. The summed E-state index contributed by atoms with van der Waals surface area (Å²) in [6.07, 6.45) is 1.20. The molecular formula is C12H17NO2. The van der Waals surface area contributed by atoms with E-state index in [1.54, 1.807) is 0 Å². The minimum atomic E-state index is 0.0777. The van der Waals surface area contributed by atoms with Crippen molar-refractivity contribution in [1.82, 2.24) is 0 Å². The zero-order chi connectivity index (χ0) is 10.7. The Morgan fingerprint density at radius 1 is 1.40 bits per heavy atom. The van der Waals surface area contributed by atoms with E-state index in [4.69, 9.17) is 15.2 Å². The van der Waals surface area contributed by atoms with E-state index in [0.717, 1.165) is 24.3 Å². The normalized spacial score (nSPS) is 22.7. The Balaban J connectivity index is 1.97. The van der Waals surface area contributed by atoms with Crippen LogP contribution in [0.4, 0.5) is 0 Å². The number of nitrogens with two attached hydrogens (primary N) is 1. The molecule has 1 heterocycles. The van der Waals surface area contributed by atoms with E-state index in [1.165, 1.54) is 0 Å². The molecule has 1 saturated heterocycles. The molecule has 3 nitrogen and oxygen atoms in total. The maximum atomic E-state index is 5.77. The van der Waals surface area contributed by atoms with Gasteiger partial charge in [-0.2, -0.15) is 0 Å². The van der Waals surface area contributed by atoms with E-state index < -0.39 is 0 Å². The van der Waals surface area contributed by atoms with Crippen LogP contribution in [0.3, 0.4) is 0 Å². The predicted octanol–water partition coefficient (Wildman–Crippen LogP) is 1.87. The molecule has 2 N–H and O–H groups in total. The van der Waals surface area contributed by atoms with Gasteiger partial charge in [0.1, 0.15) is 11.9 Å².